The second-order valence-corrected chi connectivity index (χ2v) is 6.07. The molecule has 21 heavy (non-hydrogen) atoms. The largest absolute Gasteiger partial charge is 0.496 e. The third-order valence-electron chi connectivity index (χ3n) is 2.86. The van der Waals surface area contributed by atoms with Crippen molar-refractivity contribution in [1.29, 1.82) is 0 Å². The molecule has 0 saturated heterocycles. The molecule has 8 heteroatoms. The molecule has 0 fully saturated rings. The maximum atomic E-state index is 12.2. The van der Waals surface area contributed by atoms with E-state index >= 15 is 0 Å². The standard InChI is InChI=1S/C13H17N3O4S/c1-14-8-10-7-12(3-4-13(10)19-2)21(17,18)16-9-11-5-6-15-20-11/h3-7,14,16H,8-9H2,1-2H3. The van der Waals surface area contributed by atoms with Crippen molar-refractivity contribution in [2.75, 3.05) is 14.2 Å². The molecular formula is C13H17N3O4S. The summed E-state index contributed by atoms with van der Waals surface area (Å²) in [6.07, 6.45) is 1.46. The lowest BCUT2D eigenvalue weighted by Crippen LogP contribution is -2.23. The van der Waals surface area contributed by atoms with Crippen LogP contribution in [0.25, 0.3) is 0 Å². The second kappa shape index (κ2) is 6.70. The smallest absolute Gasteiger partial charge is 0.240 e. The maximum Gasteiger partial charge on any atom is 0.240 e. The van der Waals surface area contributed by atoms with E-state index in [1.54, 1.807) is 32.4 Å². The quantitative estimate of drug-likeness (QED) is 0.788. The number of hydrogen-bond donors (Lipinski definition) is 2. The van der Waals surface area contributed by atoms with Gasteiger partial charge in [-0.2, -0.15) is 0 Å². The van der Waals surface area contributed by atoms with Gasteiger partial charge in [0, 0.05) is 18.2 Å². The predicted molar refractivity (Wildman–Crippen MR) is 76.3 cm³/mol. The molecule has 114 valence electrons. The lowest BCUT2D eigenvalue weighted by molar-refractivity contribution is 0.380. The van der Waals surface area contributed by atoms with Crippen LogP contribution in [0.2, 0.25) is 0 Å². The van der Waals surface area contributed by atoms with Gasteiger partial charge < -0.3 is 14.6 Å². The third kappa shape index (κ3) is 3.81. The summed E-state index contributed by atoms with van der Waals surface area (Å²) < 4.78 is 37.0. The van der Waals surface area contributed by atoms with Crippen molar-refractivity contribution in [2.24, 2.45) is 0 Å². The first-order valence-electron chi connectivity index (χ1n) is 6.27. The normalized spacial score (nSPS) is 11.5. The van der Waals surface area contributed by atoms with Gasteiger partial charge in [0.15, 0.2) is 5.76 Å². The number of aromatic nitrogens is 1. The Morgan fingerprint density at radius 1 is 1.29 bits per heavy atom. The Bertz CT molecular complexity index is 683. The zero-order chi connectivity index (χ0) is 15.3. The number of rotatable bonds is 7. The number of methoxy groups -OCH3 is 1. The number of nitrogens with one attached hydrogen (secondary N) is 2. The molecule has 1 aromatic carbocycles. The minimum absolute atomic E-state index is 0.0513. The van der Waals surface area contributed by atoms with E-state index in [1.165, 1.54) is 12.3 Å². The summed E-state index contributed by atoms with van der Waals surface area (Å²) in [5.74, 6) is 1.08. The van der Waals surface area contributed by atoms with E-state index in [2.05, 4.69) is 15.2 Å². The predicted octanol–water partition coefficient (Wildman–Crippen LogP) is 0.881. The summed E-state index contributed by atoms with van der Waals surface area (Å²) >= 11 is 0. The first kappa shape index (κ1) is 15.5. The molecule has 0 radical (unpaired) electrons. The van der Waals surface area contributed by atoms with Crippen LogP contribution in [0.3, 0.4) is 0 Å². The number of ether oxygens (including phenoxy) is 1. The molecule has 0 unspecified atom stereocenters. The first-order chi connectivity index (χ1) is 10.1. The van der Waals surface area contributed by atoms with Crippen LogP contribution in [0.5, 0.6) is 5.75 Å². The van der Waals surface area contributed by atoms with Gasteiger partial charge in [-0.25, -0.2) is 13.1 Å². The van der Waals surface area contributed by atoms with Gasteiger partial charge in [-0.05, 0) is 25.2 Å². The van der Waals surface area contributed by atoms with E-state index in [0.717, 1.165) is 5.56 Å². The molecule has 2 rings (SSSR count). The molecule has 7 nitrogen and oxygen atoms in total. The maximum absolute atomic E-state index is 12.2. The molecule has 0 saturated carbocycles. The van der Waals surface area contributed by atoms with Crippen molar-refractivity contribution in [3.05, 3.63) is 41.8 Å². The highest BCUT2D eigenvalue weighted by Crippen LogP contribution is 2.22. The molecule has 0 spiro atoms. The Hall–Kier alpha value is -1.90. The van der Waals surface area contributed by atoms with Gasteiger partial charge in [-0.15, -0.1) is 0 Å². The van der Waals surface area contributed by atoms with Crippen molar-refractivity contribution in [2.45, 2.75) is 18.0 Å². The van der Waals surface area contributed by atoms with Crippen molar-refractivity contribution >= 4 is 10.0 Å². The van der Waals surface area contributed by atoms with Crippen LogP contribution in [0.15, 0.2) is 39.9 Å². The molecule has 0 aliphatic carbocycles. The lowest BCUT2D eigenvalue weighted by atomic mass is 10.2. The van der Waals surface area contributed by atoms with Crippen molar-refractivity contribution in [3.8, 4) is 5.75 Å². The number of hydrogen-bond acceptors (Lipinski definition) is 6. The van der Waals surface area contributed by atoms with E-state index in [0.29, 0.717) is 18.1 Å². The molecule has 0 aliphatic rings. The monoisotopic (exact) mass is 311 g/mol. The summed E-state index contributed by atoms with van der Waals surface area (Å²) in [5.41, 5.74) is 0.766. The van der Waals surface area contributed by atoms with Crippen LogP contribution >= 0.6 is 0 Å². The SMILES string of the molecule is CNCc1cc(S(=O)(=O)NCc2ccno2)ccc1OC. The molecule has 1 aromatic heterocycles. The van der Waals surface area contributed by atoms with E-state index in [-0.39, 0.29) is 11.4 Å². The number of sulfonamides is 1. The Labute approximate surface area is 123 Å². The second-order valence-electron chi connectivity index (χ2n) is 4.31. The summed E-state index contributed by atoms with van der Waals surface area (Å²) in [6.45, 7) is 0.560. The molecule has 0 aliphatic heterocycles. The van der Waals surface area contributed by atoms with E-state index in [4.69, 9.17) is 9.26 Å². The molecule has 2 N–H and O–H groups in total. The Balaban J connectivity index is 2.20. The van der Waals surface area contributed by atoms with Crippen LogP contribution in [0.4, 0.5) is 0 Å². The lowest BCUT2D eigenvalue weighted by Gasteiger charge is -2.11. The molecule has 0 amide bonds. The molecule has 0 atom stereocenters. The van der Waals surface area contributed by atoms with Crippen molar-refractivity contribution in [3.63, 3.8) is 0 Å². The van der Waals surface area contributed by atoms with Gasteiger partial charge in [-0.1, -0.05) is 5.16 Å². The molecule has 0 bridgehead atoms. The van der Waals surface area contributed by atoms with Gasteiger partial charge in [0.25, 0.3) is 0 Å². The Morgan fingerprint density at radius 3 is 2.71 bits per heavy atom. The zero-order valence-corrected chi connectivity index (χ0v) is 12.6. The van der Waals surface area contributed by atoms with Crippen LogP contribution in [0.1, 0.15) is 11.3 Å². The molecular weight excluding hydrogens is 294 g/mol. The van der Waals surface area contributed by atoms with Gasteiger partial charge in [0.2, 0.25) is 10.0 Å². The van der Waals surface area contributed by atoms with Crippen molar-refractivity contribution < 1.29 is 17.7 Å². The topological polar surface area (TPSA) is 93.5 Å². The Morgan fingerprint density at radius 2 is 2.10 bits per heavy atom. The van der Waals surface area contributed by atoms with Crippen LogP contribution in [0, 0.1) is 0 Å². The average molecular weight is 311 g/mol. The van der Waals surface area contributed by atoms with Gasteiger partial charge in [-0.3, -0.25) is 0 Å². The third-order valence-corrected chi connectivity index (χ3v) is 4.26. The fourth-order valence-electron chi connectivity index (χ4n) is 1.83. The van der Waals surface area contributed by atoms with Crippen LogP contribution < -0.4 is 14.8 Å². The summed E-state index contributed by atoms with van der Waals surface area (Å²) in [6, 6.07) is 6.32. The van der Waals surface area contributed by atoms with Gasteiger partial charge >= 0.3 is 0 Å². The number of nitrogens with zero attached hydrogens (tertiary/aromatic N) is 1. The van der Waals surface area contributed by atoms with Crippen LogP contribution in [-0.2, 0) is 23.1 Å². The van der Waals surface area contributed by atoms with E-state index in [1.807, 2.05) is 0 Å². The fraction of sp³-hybridized carbons (Fsp3) is 0.308. The number of benzene rings is 1. The molecule has 1 heterocycles. The highest BCUT2D eigenvalue weighted by molar-refractivity contribution is 7.89. The highest BCUT2D eigenvalue weighted by Gasteiger charge is 2.16. The van der Waals surface area contributed by atoms with Crippen LogP contribution in [-0.4, -0.2) is 27.7 Å². The molecule has 2 aromatic rings. The minimum atomic E-state index is -3.62. The fourth-order valence-corrected chi connectivity index (χ4v) is 2.88. The summed E-state index contributed by atoms with van der Waals surface area (Å²) in [5, 5.41) is 6.50. The minimum Gasteiger partial charge on any atom is -0.496 e. The van der Waals surface area contributed by atoms with E-state index < -0.39 is 10.0 Å². The van der Waals surface area contributed by atoms with E-state index in [9.17, 15) is 8.42 Å². The highest BCUT2D eigenvalue weighted by atomic mass is 32.2. The summed E-state index contributed by atoms with van der Waals surface area (Å²) in [7, 11) is -0.296. The first-order valence-corrected chi connectivity index (χ1v) is 7.76. The Kier molecular flexibility index (Phi) is 4.94. The average Bonchev–Trinajstić information content (AvgIpc) is 2.99. The van der Waals surface area contributed by atoms with Gasteiger partial charge in [0.05, 0.1) is 24.7 Å². The summed E-state index contributed by atoms with van der Waals surface area (Å²) in [4.78, 5) is 0.174. The zero-order valence-electron chi connectivity index (χ0n) is 11.8. The van der Waals surface area contributed by atoms with Gasteiger partial charge in [0.1, 0.15) is 5.75 Å². The van der Waals surface area contributed by atoms with Crippen molar-refractivity contribution in [1.82, 2.24) is 15.2 Å².